The van der Waals surface area contributed by atoms with Crippen LogP contribution in [0.15, 0.2) is 0 Å². The molecule has 1 aliphatic heterocycles. The molecule has 0 radical (unpaired) electrons. The zero-order valence-electron chi connectivity index (χ0n) is 12.1. The maximum Gasteiger partial charge on any atom is 0.165 e. The molecule has 108 valence electrons. The van der Waals surface area contributed by atoms with E-state index in [9.17, 15) is 4.79 Å². The van der Waals surface area contributed by atoms with E-state index in [0.29, 0.717) is 11.7 Å². The first-order chi connectivity index (χ1) is 9.24. The van der Waals surface area contributed by atoms with Gasteiger partial charge in [-0.3, -0.25) is 9.69 Å². The van der Waals surface area contributed by atoms with E-state index in [4.69, 9.17) is 4.74 Å². The standard InChI is InChI=1S/C16H27NO2/c1-12-4-2-3-5-14(12)10-17-8-9-19-15(11-17)16(18)13-6-7-13/h12-15H,2-11H2,1H3/t12-,14-,15-/m1/s1. The molecule has 0 bridgehead atoms. The summed E-state index contributed by atoms with van der Waals surface area (Å²) in [7, 11) is 0. The maximum atomic E-state index is 12.1. The molecule has 2 saturated carbocycles. The van der Waals surface area contributed by atoms with Gasteiger partial charge in [0.05, 0.1) is 6.61 Å². The zero-order valence-corrected chi connectivity index (χ0v) is 12.1. The van der Waals surface area contributed by atoms with Gasteiger partial charge >= 0.3 is 0 Å². The number of hydrogen-bond donors (Lipinski definition) is 0. The lowest BCUT2D eigenvalue weighted by Crippen LogP contribution is -2.48. The van der Waals surface area contributed by atoms with Gasteiger partial charge in [-0.15, -0.1) is 0 Å². The number of nitrogens with zero attached hydrogens (tertiary/aromatic N) is 1. The Balaban J connectivity index is 1.51. The Kier molecular flexibility index (Phi) is 4.23. The van der Waals surface area contributed by atoms with E-state index in [1.165, 1.54) is 32.2 Å². The predicted molar refractivity (Wildman–Crippen MR) is 75.0 cm³/mol. The van der Waals surface area contributed by atoms with Gasteiger partial charge in [0.1, 0.15) is 6.10 Å². The van der Waals surface area contributed by atoms with Gasteiger partial charge in [0, 0.05) is 25.6 Å². The van der Waals surface area contributed by atoms with Crippen LogP contribution in [0.5, 0.6) is 0 Å². The average Bonchev–Trinajstić information content (AvgIpc) is 3.25. The van der Waals surface area contributed by atoms with E-state index in [-0.39, 0.29) is 6.10 Å². The van der Waals surface area contributed by atoms with Gasteiger partial charge in [0.15, 0.2) is 5.78 Å². The Labute approximate surface area is 116 Å². The van der Waals surface area contributed by atoms with Crippen molar-refractivity contribution in [1.29, 1.82) is 0 Å². The Morgan fingerprint density at radius 1 is 1.21 bits per heavy atom. The first kappa shape index (κ1) is 13.6. The van der Waals surface area contributed by atoms with Crippen LogP contribution >= 0.6 is 0 Å². The van der Waals surface area contributed by atoms with E-state index < -0.39 is 0 Å². The maximum absolute atomic E-state index is 12.1. The Morgan fingerprint density at radius 3 is 2.74 bits per heavy atom. The quantitative estimate of drug-likeness (QED) is 0.782. The highest BCUT2D eigenvalue weighted by atomic mass is 16.5. The van der Waals surface area contributed by atoms with Crippen molar-refractivity contribution < 1.29 is 9.53 Å². The number of ketones is 1. The van der Waals surface area contributed by atoms with E-state index in [2.05, 4.69) is 11.8 Å². The molecule has 0 aromatic rings. The molecule has 0 aromatic heterocycles. The van der Waals surface area contributed by atoms with Crippen LogP contribution < -0.4 is 0 Å². The summed E-state index contributed by atoms with van der Waals surface area (Å²) in [5.41, 5.74) is 0. The summed E-state index contributed by atoms with van der Waals surface area (Å²) >= 11 is 0. The molecule has 0 unspecified atom stereocenters. The molecular weight excluding hydrogens is 238 g/mol. The van der Waals surface area contributed by atoms with Crippen molar-refractivity contribution in [2.75, 3.05) is 26.2 Å². The predicted octanol–water partition coefficient (Wildman–Crippen LogP) is 2.49. The minimum Gasteiger partial charge on any atom is -0.368 e. The average molecular weight is 265 g/mol. The molecule has 19 heavy (non-hydrogen) atoms. The Morgan fingerprint density at radius 2 is 2.00 bits per heavy atom. The largest absolute Gasteiger partial charge is 0.368 e. The van der Waals surface area contributed by atoms with Crippen LogP contribution in [0.2, 0.25) is 0 Å². The summed E-state index contributed by atoms with van der Waals surface area (Å²) in [5, 5.41) is 0. The van der Waals surface area contributed by atoms with Gasteiger partial charge in [0.2, 0.25) is 0 Å². The zero-order chi connectivity index (χ0) is 13.2. The van der Waals surface area contributed by atoms with Gasteiger partial charge in [-0.05, 0) is 31.1 Å². The van der Waals surface area contributed by atoms with Crippen LogP contribution in [0.1, 0.15) is 45.4 Å². The third-order valence-electron chi connectivity index (χ3n) is 5.23. The highest BCUT2D eigenvalue weighted by Crippen LogP contribution is 2.33. The summed E-state index contributed by atoms with van der Waals surface area (Å²) in [4.78, 5) is 14.6. The molecule has 3 fully saturated rings. The lowest BCUT2D eigenvalue weighted by Gasteiger charge is -2.37. The highest BCUT2D eigenvalue weighted by Gasteiger charge is 2.38. The SMILES string of the molecule is C[C@@H]1CCCC[C@@H]1CN1CCO[C@@H](C(=O)C2CC2)C1. The van der Waals surface area contributed by atoms with Crippen molar-refractivity contribution >= 4 is 5.78 Å². The van der Waals surface area contributed by atoms with E-state index in [0.717, 1.165) is 44.4 Å². The molecule has 3 aliphatic rings. The van der Waals surface area contributed by atoms with Gasteiger partial charge in [-0.1, -0.05) is 26.2 Å². The van der Waals surface area contributed by atoms with Crippen molar-refractivity contribution in [1.82, 2.24) is 4.90 Å². The molecule has 2 aliphatic carbocycles. The minimum atomic E-state index is -0.125. The van der Waals surface area contributed by atoms with Crippen LogP contribution in [-0.2, 0) is 9.53 Å². The number of carbonyl (C=O) groups is 1. The fourth-order valence-corrected chi connectivity index (χ4v) is 3.67. The second kappa shape index (κ2) is 5.92. The highest BCUT2D eigenvalue weighted by molar-refractivity contribution is 5.87. The van der Waals surface area contributed by atoms with Crippen LogP contribution in [-0.4, -0.2) is 43.0 Å². The molecule has 0 aromatic carbocycles. The summed E-state index contributed by atoms with van der Waals surface area (Å²) < 4.78 is 5.70. The van der Waals surface area contributed by atoms with Gasteiger partial charge < -0.3 is 4.74 Å². The molecule has 3 heteroatoms. The molecule has 1 heterocycles. The number of morpholine rings is 1. The Hall–Kier alpha value is -0.410. The smallest absolute Gasteiger partial charge is 0.165 e. The lowest BCUT2D eigenvalue weighted by molar-refractivity contribution is -0.138. The first-order valence-corrected chi connectivity index (χ1v) is 8.11. The molecular formula is C16H27NO2. The summed E-state index contributed by atoms with van der Waals surface area (Å²) in [6, 6.07) is 0. The van der Waals surface area contributed by atoms with Crippen LogP contribution in [0.4, 0.5) is 0 Å². The lowest BCUT2D eigenvalue weighted by atomic mass is 9.80. The first-order valence-electron chi connectivity index (χ1n) is 8.11. The van der Waals surface area contributed by atoms with Gasteiger partial charge in [-0.25, -0.2) is 0 Å². The number of Topliss-reactive ketones (excluding diaryl/α,β-unsaturated/α-hetero) is 1. The van der Waals surface area contributed by atoms with Crippen LogP contribution in [0.25, 0.3) is 0 Å². The van der Waals surface area contributed by atoms with Crippen molar-refractivity contribution in [3.05, 3.63) is 0 Å². The van der Waals surface area contributed by atoms with Gasteiger partial charge in [-0.2, -0.15) is 0 Å². The topological polar surface area (TPSA) is 29.5 Å². The molecule has 1 saturated heterocycles. The fraction of sp³-hybridized carbons (Fsp3) is 0.938. The van der Waals surface area contributed by atoms with E-state index in [1.54, 1.807) is 0 Å². The number of carbonyl (C=O) groups excluding carboxylic acids is 1. The second-order valence-corrected chi connectivity index (χ2v) is 6.82. The van der Waals surface area contributed by atoms with Crippen molar-refractivity contribution in [2.24, 2.45) is 17.8 Å². The monoisotopic (exact) mass is 265 g/mol. The van der Waals surface area contributed by atoms with Gasteiger partial charge in [0.25, 0.3) is 0 Å². The number of ether oxygens (including phenoxy) is 1. The van der Waals surface area contributed by atoms with Crippen LogP contribution in [0.3, 0.4) is 0 Å². The Bertz CT molecular complexity index is 327. The third-order valence-corrected chi connectivity index (χ3v) is 5.23. The molecule has 0 N–H and O–H groups in total. The molecule has 0 amide bonds. The van der Waals surface area contributed by atoms with Crippen molar-refractivity contribution in [3.8, 4) is 0 Å². The van der Waals surface area contributed by atoms with Crippen LogP contribution in [0, 0.1) is 17.8 Å². The summed E-state index contributed by atoms with van der Waals surface area (Å²) in [6.07, 6.45) is 7.63. The normalized spacial score (nSPS) is 37.2. The molecule has 3 nitrogen and oxygen atoms in total. The van der Waals surface area contributed by atoms with Crippen molar-refractivity contribution in [2.45, 2.75) is 51.6 Å². The molecule has 0 spiro atoms. The van der Waals surface area contributed by atoms with E-state index >= 15 is 0 Å². The third kappa shape index (κ3) is 3.38. The number of rotatable bonds is 4. The van der Waals surface area contributed by atoms with Crippen molar-refractivity contribution in [3.63, 3.8) is 0 Å². The minimum absolute atomic E-state index is 0.125. The molecule has 3 atom stereocenters. The van der Waals surface area contributed by atoms with E-state index in [1.807, 2.05) is 0 Å². The molecule has 3 rings (SSSR count). The fourth-order valence-electron chi connectivity index (χ4n) is 3.67. The summed E-state index contributed by atoms with van der Waals surface area (Å²) in [5.74, 6) is 2.40. The number of hydrogen-bond acceptors (Lipinski definition) is 3. The second-order valence-electron chi connectivity index (χ2n) is 6.82. The summed E-state index contributed by atoms with van der Waals surface area (Å²) in [6.45, 7) is 6.18.